The van der Waals surface area contributed by atoms with Gasteiger partial charge >= 0.3 is 0 Å². The molecule has 0 atom stereocenters. The largest absolute Gasteiger partial charge is 0.489 e. The fraction of sp³-hybridized carbons (Fsp3) is 0.692. The summed E-state index contributed by atoms with van der Waals surface area (Å²) in [6, 6.07) is 3.68. The molecule has 2 saturated carbocycles. The zero-order valence-electron chi connectivity index (χ0n) is 18.1. The highest BCUT2D eigenvalue weighted by atomic mass is 19.2. The lowest BCUT2D eigenvalue weighted by Crippen LogP contribution is -2.25. The molecule has 0 bridgehead atoms. The third-order valence-electron chi connectivity index (χ3n) is 7.24. The Bertz CT molecular complexity index is 626. The van der Waals surface area contributed by atoms with Crippen molar-refractivity contribution in [2.75, 3.05) is 6.61 Å². The summed E-state index contributed by atoms with van der Waals surface area (Å²) in [6.45, 7) is 2.70. The second-order valence-corrected chi connectivity index (χ2v) is 9.27. The Labute approximate surface area is 175 Å². The van der Waals surface area contributed by atoms with E-state index in [0.717, 1.165) is 29.9 Å². The summed E-state index contributed by atoms with van der Waals surface area (Å²) in [5, 5.41) is 0. The Hall–Kier alpha value is -1.38. The number of benzene rings is 1. The Morgan fingerprint density at radius 1 is 0.897 bits per heavy atom. The van der Waals surface area contributed by atoms with Crippen LogP contribution in [-0.4, -0.2) is 6.61 Å². The van der Waals surface area contributed by atoms with Gasteiger partial charge in [-0.15, -0.1) is 0 Å². The molecule has 2 aliphatic rings. The van der Waals surface area contributed by atoms with Crippen molar-refractivity contribution in [2.45, 2.75) is 84.0 Å². The lowest BCUT2D eigenvalue weighted by atomic mass is 9.68. The van der Waals surface area contributed by atoms with Crippen LogP contribution in [0.5, 0.6) is 5.75 Å². The lowest BCUT2D eigenvalue weighted by Gasteiger charge is -2.37. The highest BCUT2D eigenvalue weighted by Gasteiger charge is 2.30. The number of halogens is 2. The summed E-state index contributed by atoms with van der Waals surface area (Å²) < 4.78 is 31.6. The molecule has 3 heteroatoms. The summed E-state index contributed by atoms with van der Waals surface area (Å²) in [5.41, 5.74) is 0. The summed E-state index contributed by atoms with van der Waals surface area (Å²) in [6.07, 6.45) is 21.1. The molecule has 0 heterocycles. The van der Waals surface area contributed by atoms with E-state index in [-0.39, 0.29) is 0 Å². The van der Waals surface area contributed by atoms with Crippen LogP contribution in [0.1, 0.15) is 84.0 Å². The molecule has 0 aromatic heterocycles. The lowest BCUT2D eigenvalue weighted by molar-refractivity contribution is 0.151. The van der Waals surface area contributed by atoms with Gasteiger partial charge in [-0.2, -0.15) is 0 Å². The highest BCUT2D eigenvalue weighted by Crippen LogP contribution is 2.42. The fourth-order valence-corrected chi connectivity index (χ4v) is 5.40. The van der Waals surface area contributed by atoms with Crippen molar-refractivity contribution in [3.05, 3.63) is 42.0 Å². The van der Waals surface area contributed by atoms with Crippen LogP contribution in [0.4, 0.5) is 8.78 Å². The zero-order chi connectivity index (χ0) is 20.5. The minimum absolute atomic E-state index is 0.377. The van der Waals surface area contributed by atoms with E-state index in [0.29, 0.717) is 18.3 Å². The van der Waals surface area contributed by atoms with Gasteiger partial charge in [0.1, 0.15) is 12.4 Å². The molecule has 0 amide bonds. The Morgan fingerprint density at radius 3 is 2.24 bits per heavy atom. The molecular weight excluding hydrogens is 366 g/mol. The van der Waals surface area contributed by atoms with E-state index >= 15 is 0 Å². The Kier molecular flexibility index (Phi) is 9.01. The smallest absolute Gasteiger partial charge is 0.162 e. The Balaban J connectivity index is 1.31. The molecule has 1 aromatic rings. The van der Waals surface area contributed by atoms with Gasteiger partial charge in [0.05, 0.1) is 0 Å². The number of rotatable bonds is 9. The number of hydrogen-bond acceptors (Lipinski definition) is 1. The molecule has 0 aliphatic heterocycles. The maximum absolute atomic E-state index is 13.2. The van der Waals surface area contributed by atoms with Gasteiger partial charge < -0.3 is 4.74 Å². The van der Waals surface area contributed by atoms with Crippen LogP contribution in [0.3, 0.4) is 0 Å². The van der Waals surface area contributed by atoms with Crippen molar-refractivity contribution in [1.82, 2.24) is 0 Å². The molecule has 0 N–H and O–H groups in total. The van der Waals surface area contributed by atoms with E-state index in [9.17, 15) is 8.78 Å². The molecule has 162 valence electrons. The van der Waals surface area contributed by atoms with Crippen molar-refractivity contribution >= 4 is 0 Å². The standard InChI is InChI=1S/C26H38F2O/c1-2-3-4-6-20-8-12-22(13-9-20)23-14-10-21(11-15-23)7-5-18-29-24-16-17-25(27)26(28)19-24/h5,7,16-17,19-23H,2-4,6,8-15,18H2,1H3/b7-5+. The van der Waals surface area contributed by atoms with Gasteiger partial charge in [-0.25, -0.2) is 8.78 Å². The number of ether oxygens (including phenoxy) is 1. The van der Waals surface area contributed by atoms with Crippen molar-refractivity contribution < 1.29 is 13.5 Å². The SMILES string of the molecule is CCCCCC1CCC(C2CCC(/C=C/COc3ccc(F)c(F)c3)CC2)CC1. The molecule has 0 saturated heterocycles. The topological polar surface area (TPSA) is 9.23 Å². The van der Waals surface area contributed by atoms with E-state index in [1.165, 1.54) is 83.1 Å². The predicted molar refractivity (Wildman–Crippen MR) is 116 cm³/mol. The minimum Gasteiger partial charge on any atom is -0.489 e. The molecule has 29 heavy (non-hydrogen) atoms. The first-order chi connectivity index (χ1) is 14.2. The monoisotopic (exact) mass is 404 g/mol. The summed E-state index contributed by atoms with van der Waals surface area (Å²) in [5.74, 6) is 2.24. The molecule has 2 aliphatic carbocycles. The first kappa shape index (κ1) is 22.3. The van der Waals surface area contributed by atoms with Gasteiger partial charge in [-0.1, -0.05) is 57.6 Å². The van der Waals surface area contributed by atoms with Gasteiger partial charge in [0.25, 0.3) is 0 Å². The molecule has 3 rings (SSSR count). The number of hydrogen-bond donors (Lipinski definition) is 0. The van der Waals surface area contributed by atoms with Gasteiger partial charge in [0.15, 0.2) is 11.6 Å². The highest BCUT2D eigenvalue weighted by molar-refractivity contribution is 5.23. The summed E-state index contributed by atoms with van der Waals surface area (Å²) in [4.78, 5) is 0. The van der Waals surface area contributed by atoms with Gasteiger partial charge in [0.2, 0.25) is 0 Å². The third-order valence-corrected chi connectivity index (χ3v) is 7.24. The van der Waals surface area contributed by atoms with Crippen LogP contribution in [-0.2, 0) is 0 Å². The fourth-order valence-electron chi connectivity index (χ4n) is 5.40. The molecule has 0 spiro atoms. The Morgan fingerprint density at radius 2 is 1.59 bits per heavy atom. The summed E-state index contributed by atoms with van der Waals surface area (Å²) >= 11 is 0. The molecule has 1 nitrogen and oxygen atoms in total. The van der Waals surface area contributed by atoms with Crippen molar-refractivity contribution in [3.63, 3.8) is 0 Å². The second kappa shape index (κ2) is 11.7. The van der Waals surface area contributed by atoms with Gasteiger partial charge in [0, 0.05) is 6.07 Å². The number of unbranched alkanes of at least 4 members (excludes halogenated alkanes) is 2. The molecule has 0 radical (unpaired) electrons. The van der Waals surface area contributed by atoms with Crippen LogP contribution in [0.15, 0.2) is 30.4 Å². The van der Waals surface area contributed by atoms with Gasteiger partial charge in [-0.3, -0.25) is 0 Å². The minimum atomic E-state index is -0.861. The van der Waals surface area contributed by atoms with E-state index in [1.807, 2.05) is 6.08 Å². The van der Waals surface area contributed by atoms with Crippen LogP contribution in [0.2, 0.25) is 0 Å². The normalized spacial score (nSPS) is 28.0. The molecule has 1 aromatic carbocycles. The predicted octanol–water partition coefficient (Wildman–Crippen LogP) is 8.09. The van der Waals surface area contributed by atoms with Crippen LogP contribution in [0, 0.1) is 35.3 Å². The summed E-state index contributed by atoms with van der Waals surface area (Å²) in [7, 11) is 0. The third kappa shape index (κ3) is 7.12. The quantitative estimate of drug-likeness (QED) is 0.298. The van der Waals surface area contributed by atoms with E-state index < -0.39 is 11.6 Å². The van der Waals surface area contributed by atoms with E-state index in [4.69, 9.17) is 4.74 Å². The second-order valence-electron chi connectivity index (χ2n) is 9.27. The molecular formula is C26H38F2O. The van der Waals surface area contributed by atoms with Crippen LogP contribution >= 0.6 is 0 Å². The first-order valence-corrected chi connectivity index (χ1v) is 11.9. The zero-order valence-corrected chi connectivity index (χ0v) is 18.1. The average Bonchev–Trinajstić information content (AvgIpc) is 2.75. The van der Waals surface area contributed by atoms with Crippen molar-refractivity contribution in [1.29, 1.82) is 0 Å². The van der Waals surface area contributed by atoms with Crippen molar-refractivity contribution in [3.8, 4) is 5.75 Å². The maximum Gasteiger partial charge on any atom is 0.162 e. The number of allylic oxidation sites excluding steroid dienone is 1. The van der Waals surface area contributed by atoms with Crippen molar-refractivity contribution in [2.24, 2.45) is 23.7 Å². The molecule has 0 unspecified atom stereocenters. The van der Waals surface area contributed by atoms with Crippen LogP contribution in [0.25, 0.3) is 0 Å². The molecule has 2 fully saturated rings. The maximum atomic E-state index is 13.2. The van der Waals surface area contributed by atoms with E-state index in [1.54, 1.807) is 0 Å². The van der Waals surface area contributed by atoms with Gasteiger partial charge in [-0.05, 0) is 74.3 Å². The van der Waals surface area contributed by atoms with E-state index in [2.05, 4.69) is 13.0 Å². The first-order valence-electron chi connectivity index (χ1n) is 11.9. The van der Waals surface area contributed by atoms with Crippen LogP contribution < -0.4 is 4.74 Å². The average molecular weight is 405 g/mol.